The Kier molecular flexibility index (Phi) is 4.34. The molecule has 0 spiro atoms. The van der Waals surface area contributed by atoms with E-state index in [1.807, 2.05) is 36.4 Å². The molecular weight excluding hydrogens is 320 g/mol. The van der Waals surface area contributed by atoms with Gasteiger partial charge in [0.15, 0.2) is 5.78 Å². The predicted octanol–water partition coefficient (Wildman–Crippen LogP) is 5.34. The summed E-state index contributed by atoms with van der Waals surface area (Å²) in [7, 11) is 0. The van der Waals surface area contributed by atoms with Crippen LogP contribution in [0.1, 0.15) is 17.3 Å². The molecule has 0 N–H and O–H groups in total. The van der Waals surface area contributed by atoms with Gasteiger partial charge in [-0.15, -0.1) is 35.1 Å². The summed E-state index contributed by atoms with van der Waals surface area (Å²) in [5.74, 6) is 1.62. The first-order valence-corrected chi connectivity index (χ1v) is 9.06. The molecule has 1 saturated heterocycles. The number of halogens is 1. The van der Waals surface area contributed by atoms with Crippen molar-refractivity contribution in [3.05, 3.63) is 58.3 Å². The monoisotopic (exact) mass is 334 g/mol. The molecule has 2 aromatic rings. The first-order valence-electron chi connectivity index (χ1n) is 6.72. The summed E-state index contributed by atoms with van der Waals surface area (Å²) in [5.41, 5.74) is 0.738. The third kappa shape index (κ3) is 3.31. The molecule has 2 aromatic carbocycles. The Labute approximate surface area is 138 Å². The minimum absolute atomic E-state index is 0.0434. The highest BCUT2D eigenvalue weighted by Crippen LogP contribution is 2.49. The molecule has 4 heteroatoms. The maximum atomic E-state index is 12.4. The Morgan fingerprint density at radius 3 is 2.76 bits per heavy atom. The normalized spacial score (nSPS) is 23.8. The average molecular weight is 335 g/mol. The van der Waals surface area contributed by atoms with Gasteiger partial charge in [0.2, 0.25) is 0 Å². The van der Waals surface area contributed by atoms with Crippen molar-refractivity contribution in [2.24, 2.45) is 0 Å². The van der Waals surface area contributed by atoms with Gasteiger partial charge in [-0.3, -0.25) is 4.79 Å². The van der Waals surface area contributed by atoms with Crippen molar-refractivity contribution in [3.8, 4) is 0 Å². The molecule has 21 heavy (non-hydrogen) atoms. The first-order chi connectivity index (χ1) is 10.1. The second-order valence-electron chi connectivity index (χ2n) is 5.36. The highest BCUT2D eigenvalue weighted by Gasteiger charge is 2.32. The van der Waals surface area contributed by atoms with E-state index in [2.05, 4.69) is 13.0 Å². The van der Waals surface area contributed by atoms with Crippen molar-refractivity contribution >= 4 is 51.7 Å². The zero-order chi connectivity index (χ0) is 14.9. The standard InChI is InChI=1S/C17H15ClOS2/c1-17(10-18)11-20-16(21-17)9-15(19)14-7-6-12-4-2-3-5-13(12)8-14/h2-9H,10-11H2,1H3/b16-9-/t17-/m1/s1. The fourth-order valence-electron chi connectivity index (χ4n) is 2.20. The van der Waals surface area contributed by atoms with Crippen LogP contribution in [0.25, 0.3) is 10.8 Å². The van der Waals surface area contributed by atoms with Crippen LogP contribution in [-0.4, -0.2) is 22.2 Å². The highest BCUT2D eigenvalue weighted by molar-refractivity contribution is 8.26. The lowest BCUT2D eigenvalue weighted by atomic mass is 10.0. The van der Waals surface area contributed by atoms with Gasteiger partial charge >= 0.3 is 0 Å². The van der Waals surface area contributed by atoms with Crippen LogP contribution in [-0.2, 0) is 0 Å². The van der Waals surface area contributed by atoms with Gasteiger partial charge in [-0.25, -0.2) is 0 Å². The number of carbonyl (C=O) groups excluding carboxylic acids is 1. The number of benzene rings is 2. The SMILES string of the molecule is C[C@@]1(CCl)CS/C(=C/C(=O)c2ccc3ccccc3c2)S1. The van der Waals surface area contributed by atoms with Crippen LogP contribution >= 0.6 is 35.1 Å². The summed E-state index contributed by atoms with van der Waals surface area (Å²) in [6, 6.07) is 13.9. The Morgan fingerprint density at radius 1 is 1.29 bits per heavy atom. The van der Waals surface area contributed by atoms with E-state index in [1.54, 1.807) is 29.6 Å². The van der Waals surface area contributed by atoms with Gasteiger partial charge in [0.25, 0.3) is 0 Å². The maximum Gasteiger partial charge on any atom is 0.187 e. The van der Waals surface area contributed by atoms with Crippen molar-refractivity contribution < 1.29 is 4.79 Å². The number of allylic oxidation sites excluding steroid dienone is 1. The lowest BCUT2D eigenvalue weighted by Crippen LogP contribution is -2.20. The molecule has 0 aromatic heterocycles. The average Bonchev–Trinajstić information content (AvgIpc) is 2.88. The van der Waals surface area contributed by atoms with Crippen LogP contribution in [0.2, 0.25) is 0 Å². The van der Waals surface area contributed by atoms with Gasteiger partial charge < -0.3 is 0 Å². The van der Waals surface area contributed by atoms with E-state index < -0.39 is 0 Å². The van der Waals surface area contributed by atoms with Crippen LogP contribution in [0.3, 0.4) is 0 Å². The molecule has 1 aliphatic rings. The quantitative estimate of drug-likeness (QED) is 0.428. The van der Waals surface area contributed by atoms with Crippen LogP contribution in [0.5, 0.6) is 0 Å². The molecule has 0 bridgehead atoms. The van der Waals surface area contributed by atoms with Gasteiger partial charge in [0.05, 0.1) is 0 Å². The van der Waals surface area contributed by atoms with E-state index in [0.717, 1.165) is 26.3 Å². The molecule has 0 saturated carbocycles. The highest BCUT2D eigenvalue weighted by atomic mass is 35.5. The molecule has 0 amide bonds. The Hall–Kier alpha value is -0.900. The van der Waals surface area contributed by atoms with Crippen LogP contribution in [0.4, 0.5) is 0 Å². The molecule has 1 nitrogen and oxygen atoms in total. The van der Waals surface area contributed by atoms with Gasteiger partial charge in [0, 0.05) is 32.3 Å². The minimum atomic E-state index is 0.0434. The Bertz CT molecular complexity index is 726. The first kappa shape index (κ1) is 15.0. The lowest BCUT2D eigenvalue weighted by Gasteiger charge is -2.16. The van der Waals surface area contributed by atoms with Crippen molar-refractivity contribution in [1.29, 1.82) is 0 Å². The number of fused-ring (bicyclic) bond motifs is 1. The second-order valence-corrected chi connectivity index (χ2v) is 8.54. The number of hydrogen-bond acceptors (Lipinski definition) is 3. The number of thioether (sulfide) groups is 2. The Balaban J connectivity index is 1.84. The molecule has 1 heterocycles. The summed E-state index contributed by atoms with van der Waals surface area (Å²) in [6.45, 7) is 2.14. The Morgan fingerprint density at radius 2 is 2.05 bits per heavy atom. The summed E-state index contributed by atoms with van der Waals surface area (Å²) in [6.07, 6.45) is 1.75. The zero-order valence-electron chi connectivity index (χ0n) is 11.6. The molecule has 0 aliphatic carbocycles. The van der Waals surface area contributed by atoms with Crippen LogP contribution in [0, 0.1) is 0 Å². The molecule has 0 radical (unpaired) electrons. The van der Waals surface area contributed by atoms with Gasteiger partial charge in [-0.1, -0.05) is 36.4 Å². The summed E-state index contributed by atoms with van der Waals surface area (Å²) >= 11 is 9.42. The summed E-state index contributed by atoms with van der Waals surface area (Å²) in [5, 5.41) is 2.25. The molecule has 3 rings (SSSR count). The van der Waals surface area contributed by atoms with E-state index in [1.165, 1.54) is 0 Å². The van der Waals surface area contributed by atoms with Crippen molar-refractivity contribution in [1.82, 2.24) is 0 Å². The van der Waals surface area contributed by atoms with Gasteiger partial charge in [0.1, 0.15) is 0 Å². The third-order valence-corrected chi connectivity index (χ3v) is 7.25. The van der Waals surface area contributed by atoms with Crippen molar-refractivity contribution in [3.63, 3.8) is 0 Å². The molecule has 1 aliphatic heterocycles. The summed E-state index contributed by atoms with van der Waals surface area (Å²) < 4.78 is 1.11. The topological polar surface area (TPSA) is 17.1 Å². The number of rotatable bonds is 3. The zero-order valence-corrected chi connectivity index (χ0v) is 14.0. The van der Waals surface area contributed by atoms with E-state index in [0.29, 0.717) is 5.88 Å². The van der Waals surface area contributed by atoms with E-state index in [-0.39, 0.29) is 10.5 Å². The smallest absolute Gasteiger partial charge is 0.187 e. The van der Waals surface area contributed by atoms with E-state index >= 15 is 0 Å². The third-order valence-electron chi connectivity index (χ3n) is 3.43. The number of ketones is 1. The van der Waals surface area contributed by atoms with Gasteiger partial charge in [-0.05, 0) is 23.8 Å². The largest absolute Gasteiger partial charge is 0.289 e. The number of carbonyl (C=O) groups is 1. The molecule has 0 unspecified atom stereocenters. The molecule has 1 atom stereocenters. The molecule has 1 fully saturated rings. The fourth-order valence-corrected chi connectivity index (χ4v) is 5.44. The van der Waals surface area contributed by atoms with Crippen LogP contribution < -0.4 is 0 Å². The maximum absolute atomic E-state index is 12.4. The van der Waals surface area contributed by atoms with Crippen molar-refractivity contribution in [2.45, 2.75) is 11.7 Å². The van der Waals surface area contributed by atoms with E-state index in [4.69, 9.17) is 11.6 Å². The number of hydrogen-bond donors (Lipinski definition) is 0. The molecular formula is C17H15ClOS2. The van der Waals surface area contributed by atoms with Crippen molar-refractivity contribution in [2.75, 3.05) is 11.6 Å². The lowest BCUT2D eigenvalue weighted by molar-refractivity contribution is 0.104. The van der Waals surface area contributed by atoms with Gasteiger partial charge in [-0.2, -0.15) is 0 Å². The fraction of sp³-hybridized carbons (Fsp3) is 0.235. The number of alkyl halides is 1. The van der Waals surface area contributed by atoms with Crippen LogP contribution in [0.15, 0.2) is 52.8 Å². The summed E-state index contributed by atoms with van der Waals surface area (Å²) in [4.78, 5) is 12.4. The second kappa shape index (κ2) is 6.07. The molecule has 108 valence electrons. The minimum Gasteiger partial charge on any atom is -0.289 e. The van der Waals surface area contributed by atoms with E-state index in [9.17, 15) is 4.79 Å². The predicted molar refractivity (Wildman–Crippen MR) is 95.5 cm³/mol.